The van der Waals surface area contributed by atoms with Crippen LogP contribution in [0.15, 0.2) is 0 Å². The summed E-state index contributed by atoms with van der Waals surface area (Å²) in [5.74, 6) is 1.26. The predicted octanol–water partition coefficient (Wildman–Crippen LogP) is 3.17. The standard InChI is InChI=1S/C14H26O3/c1-4-5-8-16-14(15)10-17-13-7-6-11(2)12(3)9-13/h11-13H,4-10H2,1-3H3. The fourth-order valence-electron chi connectivity index (χ4n) is 2.21. The average molecular weight is 242 g/mol. The molecule has 0 aromatic heterocycles. The lowest BCUT2D eigenvalue weighted by molar-refractivity contribution is -0.152. The second-order valence-electron chi connectivity index (χ2n) is 5.27. The van der Waals surface area contributed by atoms with E-state index in [1.54, 1.807) is 0 Å². The summed E-state index contributed by atoms with van der Waals surface area (Å²) in [5, 5.41) is 0. The summed E-state index contributed by atoms with van der Waals surface area (Å²) < 4.78 is 10.7. The molecule has 3 nitrogen and oxygen atoms in total. The zero-order chi connectivity index (χ0) is 12.7. The van der Waals surface area contributed by atoms with Gasteiger partial charge in [0.1, 0.15) is 6.61 Å². The highest BCUT2D eigenvalue weighted by Gasteiger charge is 2.25. The Bertz CT molecular complexity index is 228. The molecular formula is C14H26O3. The average Bonchev–Trinajstić information content (AvgIpc) is 2.31. The molecule has 0 bridgehead atoms. The van der Waals surface area contributed by atoms with Crippen LogP contribution in [0.1, 0.15) is 52.9 Å². The SMILES string of the molecule is CCCCOC(=O)COC1CCC(C)C(C)C1. The van der Waals surface area contributed by atoms with E-state index in [9.17, 15) is 4.79 Å². The fraction of sp³-hybridized carbons (Fsp3) is 0.929. The van der Waals surface area contributed by atoms with Crippen molar-refractivity contribution >= 4 is 5.97 Å². The molecule has 3 heteroatoms. The van der Waals surface area contributed by atoms with E-state index in [4.69, 9.17) is 9.47 Å². The first-order valence-corrected chi connectivity index (χ1v) is 6.90. The second kappa shape index (κ2) is 7.70. The van der Waals surface area contributed by atoms with Crippen molar-refractivity contribution in [2.75, 3.05) is 13.2 Å². The van der Waals surface area contributed by atoms with Gasteiger partial charge in [0.2, 0.25) is 0 Å². The van der Waals surface area contributed by atoms with Crippen molar-refractivity contribution in [1.29, 1.82) is 0 Å². The topological polar surface area (TPSA) is 35.5 Å². The Morgan fingerprint density at radius 1 is 1.24 bits per heavy atom. The monoisotopic (exact) mass is 242 g/mol. The van der Waals surface area contributed by atoms with Crippen molar-refractivity contribution in [1.82, 2.24) is 0 Å². The third kappa shape index (κ3) is 5.53. The normalized spacial score (nSPS) is 29.0. The number of hydrogen-bond acceptors (Lipinski definition) is 3. The van der Waals surface area contributed by atoms with E-state index in [1.807, 2.05) is 0 Å². The summed E-state index contributed by atoms with van der Waals surface area (Å²) in [6.07, 6.45) is 5.59. The van der Waals surface area contributed by atoms with Crippen LogP contribution in [0.5, 0.6) is 0 Å². The van der Waals surface area contributed by atoms with E-state index < -0.39 is 0 Å². The quantitative estimate of drug-likeness (QED) is 0.530. The maximum atomic E-state index is 11.4. The minimum atomic E-state index is -0.218. The van der Waals surface area contributed by atoms with Gasteiger partial charge in [-0.25, -0.2) is 4.79 Å². The maximum absolute atomic E-state index is 11.4. The van der Waals surface area contributed by atoms with Gasteiger partial charge < -0.3 is 9.47 Å². The van der Waals surface area contributed by atoms with Gasteiger partial charge in [0.05, 0.1) is 12.7 Å². The lowest BCUT2D eigenvalue weighted by Gasteiger charge is -2.31. The highest BCUT2D eigenvalue weighted by atomic mass is 16.6. The van der Waals surface area contributed by atoms with E-state index in [1.165, 1.54) is 6.42 Å². The highest BCUT2D eigenvalue weighted by Crippen LogP contribution is 2.30. The Balaban J connectivity index is 2.11. The molecule has 1 fully saturated rings. The number of rotatable bonds is 6. The Hall–Kier alpha value is -0.570. The van der Waals surface area contributed by atoms with Gasteiger partial charge in [-0.05, 0) is 37.5 Å². The Kier molecular flexibility index (Phi) is 6.56. The molecule has 1 aliphatic carbocycles. The van der Waals surface area contributed by atoms with Crippen molar-refractivity contribution in [3.8, 4) is 0 Å². The molecule has 0 N–H and O–H groups in total. The van der Waals surface area contributed by atoms with Gasteiger partial charge in [-0.1, -0.05) is 27.2 Å². The third-order valence-corrected chi connectivity index (χ3v) is 3.75. The molecular weight excluding hydrogens is 216 g/mol. The molecule has 1 rings (SSSR count). The summed E-state index contributed by atoms with van der Waals surface area (Å²) in [6, 6.07) is 0. The number of carbonyl (C=O) groups excluding carboxylic acids is 1. The second-order valence-corrected chi connectivity index (χ2v) is 5.27. The van der Waals surface area contributed by atoms with Crippen LogP contribution >= 0.6 is 0 Å². The van der Waals surface area contributed by atoms with E-state index >= 15 is 0 Å². The van der Waals surface area contributed by atoms with Crippen LogP contribution in [0.2, 0.25) is 0 Å². The first-order chi connectivity index (χ1) is 8.13. The van der Waals surface area contributed by atoms with Crippen molar-refractivity contribution in [2.45, 2.75) is 59.0 Å². The van der Waals surface area contributed by atoms with Crippen LogP contribution < -0.4 is 0 Å². The molecule has 0 heterocycles. The van der Waals surface area contributed by atoms with Crippen LogP contribution in [0.4, 0.5) is 0 Å². The molecule has 0 aromatic carbocycles. The van der Waals surface area contributed by atoms with E-state index in [2.05, 4.69) is 20.8 Å². The summed E-state index contributed by atoms with van der Waals surface area (Å²) in [7, 11) is 0. The molecule has 100 valence electrons. The first kappa shape index (κ1) is 14.5. The van der Waals surface area contributed by atoms with Gasteiger partial charge in [0, 0.05) is 0 Å². The van der Waals surface area contributed by atoms with Gasteiger partial charge in [-0.2, -0.15) is 0 Å². The molecule has 0 aliphatic heterocycles. The maximum Gasteiger partial charge on any atom is 0.332 e. The summed E-state index contributed by atoms with van der Waals surface area (Å²) >= 11 is 0. The van der Waals surface area contributed by atoms with Crippen LogP contribution in [-0.4, -0.2) is 25.3 Å². The smallest absolute Gasteiger partial charge is 0.332 e. The van der Waals surface area contributed by atoms with E-state index in [0.29, 0.717) is 12.5 Å². The van der Waals surface area contributed by atoms with E-state index in [-0.39, 0.29) is 18.7 Å². The Labute approximate surface area is 105 Å². The lowest BCUT2D eigenvalue weighted by Crippen LogP contribution is -2.28. The molecule has 0 spiro atoms. The van der Waals surface area contributed by atoms with Crippen LogP contribution in [0, 0.1) is 11.8 Å². The minimum Gasteiger partial charge on any atom is -0.464 e. The molecule has 17 heavy (non-hydrogen) atoms. The highest BCUT2D eigenvalue weighted by molar-refractivity contribution is 5.70. The lowest BCUT2D eigenvalue weighted by atomic mass is 9.80. The number of esters is 1. The van der Waals surface area contributed by atoms with Gasteiger partial charge in [-0.15, -0.1) is 0 Å². The van der Waals surface area contributed by atoms with Gasteiger partial charge in [0.25, 0.3) is 0 Å². The molecule has 3 atom stereocenters. The van der Waals surface area contributed by atoms with E-state index in [0.717, 1.165) is 31.6 Å². The van der Waals surface area contributed by atoms with Crippen molar-refractivity contribution in [2.24, 2.45) is 11.8 Å². The predicted molar refractivity (Wildman–Crippen MR) is 67.8 cm³/mol. The van der Waals surface area contributed by atoms with Gasteiger partial charge in [-0.3, -0.25) is 0 Å². The molecule has 0 saturated heterocycles. The number of ether oxygens (including phenoxy) is 2. The Morgan fingerprint density at radius 3 is 2.65 bits per heavy atom. The molecule has 0 amide bonds. The molecule has 1 saturated carbocycles. The Morgan fingerprint density at radius 2 is 2.00 bits per heavy atom. The number of hydrogen-bond donors (Lipinski definition) is 0. The van der Waals surface area contributed by atoms with Crippen LogP contribution in [-0.2, 0) is 14.3 Å². The third-order valence-electron chi connectivity index (χ3n) is 3.75. The van der Waals surface area contributed by atoms with Crippen molar-refractivity contribution in [3.05, 3.63) is 0 Å². The molecule has 0 radical (unpaired) electrons. The van der Waals surface area contributed by atoms with Crippen molar-refractivity contribution < 1.29 is 14.3 Å². The van der Waals surface area contributed by atoms with Crippen molar-refractivity contribution in [3.63, 3.8) is 0 Å². The molecule has 1 aliphatic rings. The summed E-state index contributed by atoms with van der Waals surface area (Å²) in [5.41, 5.74) is 0. The van der Waals surface area contributed by atoms with Gasteiger partial charge >= 0.3 is 5.97 Å². The first-order valence-electron chi connectivity index (χ1n) is 6.90. The van der Waals surface area contributed by atoms with Crippen LogP contribution in [0.25, 0.3) is 0 Å². The summed E-state index contributed by atoms with van der Waals surface area (Å²) in [4.78, 5) is 11.4. The molecule has 0 aromatic rings. The molecule has 3 unspecified atom stereocenters. The largest absolute Gasteiger partial charge is 0.464 e. The van der Waals surface area contributed by atoms with Gasteiger partial charge in [0.15, 0.2) is 0 Å². The zero-order valence-corrected chi connectivity index (χ0v) is 11.4. The number of unbranched alkanes of at least 4 members (excludes halogenated alkanes) is 1. The fourth-order valence-corrected chi connectivity index (χ4v) is 2.21. The van der Waals surface area contributed by atoms with Crippen LogP contribution in [0.3, 0.4) is 0 Å². The summed E-state index contributed by atoms with van der Waals surface area (Å²) in [6.45, 7) is 7.28. The zero-order valence-electron chi connectivity index (χ0n) is 11.4. The number of carbonyl (C=O) groups is 1. The minimum absolute atomic E-state index is 0.121.